The van der Waals surface area contributed by atoms with E-state index in [2.05, 4.69) is 0 Å². The predicted octanol–water partition coefficient (Wildman–Crippen LogP) is 1.84. The van der Waals surface area contributed by atoms with Crippen molar-refractivity contribution in [3.63, 3.8) is 0 Å². The highest BCUT2D eigenvalue weighted by Crippen LogP contribution is 2.26. The number of aliphatic hydroxyl groups excluding tert-OH is 2. The smallest absolute Gasteiger partial charge is 0.107 e. The fourth-order valence-electron chi connectivity index (χ4n) is 1.13. The lowest BCUT2D eigenvalue weighted by Gasteiger charge is -2.16. The van der Waals surface area contributed by atoms with Gasteiger partial charge in [0, 0.05) is 10.6 Å². The molecule has 2 atom stereocenters. The Balaban J connectivity index is 3.01. The predicted molar refractivity (Wildman–Crippen MR) is 57.9 cm³/mol. The minimum Gasteiger partial charge on any atom is -0.389 e. The number of benzene rings is 1. The highest BCUT2D eigenvalue weighted by Gasteiger charge is 2.19. The molecule has 0 spiro atoms. The molecule has 0 aromatic heterocycles. The zero-order chi connectivity index (χ0) is 11.4. The molecule has 0 aliphatic rings. The van der Waals surface area contributed by atoms with Crippen molar-refractivity contribution >= 4 is 23.2 Å². The normalized spacial score (nSPS) is 14.3. The molecule has 0 heterocycles. The molecule has 1 aromatic rings. The van der Waals surface area contributed by atoms with Crippen LogP contribution in [0.4, 0.5) is 0 Å². The van der Waals surface area contributed by atoms with E-state index in [9.17, 15) is 10.2 Å². The maximum Gasteiger partial charge on any atom is 0.107 e. The van der Waals surface area contributed by atoms with Gasteiger partial charge in [-0.15, -0.1) is 11.6 Å². The van der Waals surface area contributed by atoms with Crippen molar-refractivity contribution in [2.24, 2.45) is 0 Å². The minimum atomic E-state index is -1.14. The molecule has 0 bridgehead atoms. The lowest BCUT2D eigenvalue weighted by molar-refractivity contribution is 0.0328. The Labute approximate surface area is 97.5 Å². The van der Waals surface area contributed by atoms with Crippen LogP contribution in [0.25, 0.3) is 0 Å². The molecule has 0 aliphatic heterocycles. The van der Waals surface area contributed by atoms with E-state index in [0.717, 1.165) is 0 Å². The lowest BCUT2D eigenvalue weighted by Crippen LogP contribution is -2.20. The molecule has 15 heavy (non-hydrogen) atoms. The monoisotopic (exact) mass is 245 g/mol. The van der Waals surface area contributed by atoms with Gasteiger partial charge >= 0.3 is 0 Å². The second kappa shape index (κ2) is 5.34. The molecule has 1 rings (SSSR count). The van der Waals surface area contributed by atoms with Crippen LogP contribution >= 0.6 is 23.2 Å². The van der Waals surface area contributed by atoms with Gasteiger partial charge in [-0.25, -0.2) is 0 Å². The summed E-state index contributed by atoms with van der Waals surface area (Å²) < 4.78 is 0. The van der Waals surface area contributed by atoms with Crippen LogP contribution in [0, 0.1) is 11.3 Å². The summed E-state index contributed by atoms with van der Waals surface area (Å²) in [6.45, 7) is 0. The summed E-state index contributed by atoms with van der Waals surface area (Å²) in [5.41, 5.74) is 0.764. The molecular formula is C10H9Cl2NO2. The summed E-state index contributed by atoms with van der Waals surface area (Å²) in [6.07, 6.45) is -2.21. The highest BCUT2D eigenvalue weighted by atomic mass is 35.5. The first-order valence-electron chi connectivity index (χ1n) is 4.21. The Hall–Kier alpha value is -0.790. The van der Waals surface area contributed by atoms with Gasteiger partial charge in [0.15, 0.2) is 0 Å². The number of alkyl halides is 1. The van der Waals surface area contributed by atoms with Crippen molar-refractivity contribution in [3.8, 4) is 6.07 Å². The molecule has 0 aliphatic carbocycles. The first-order chi connectivity index (χ1) is 7.10. The first-order valence-corrected chi connectivity index (χ1v) is 5.13. The summed E-state index contributed by atoms with van der Waals surface area (Å²) in [5, 5.41) is 27.8. The van der Waals surface area contributed by atoms with E-state index in [1.165, 1.54) is 18.2 Å². The van der Waals surface area contributed by atoms with Crippen LogP contribution in [0.15, 0.2) is 18.2 Å². The minimum absolute atomic E-state index is 0.0858. The van der Waals surface area contributed by atoms with Crippen LogP contribution in [-0.4, -0.2) is 22.2 Å². The number of aliphatic hydroxyl groups is 2. The Morgan fingerprint density at radius 1 is 1.40 bits per heavy atom. The van der Waals surface area contributed by atoms with E-state index >= 15 is 0 Å². The summed E-state index contributed by atoms with van der Waals surface area (Å²) in [6, 6.07) is 6.37. The van der Waals surface area contributed by atoms with Crippen molar-refractivity contribution in [2.45, 2.75) is 12.2 Å². The fourth-order valence-corrected chi connectivity index (χ4v) is 1.59. The fraction of sp³-hybridized carbons (Fsp3) is 0.300. The van der Waals surface area contributed by atoms with Gasteiger partial charge in [0.1, 0.15) is 6.10 Å². The Kier molecular flexibility index (Phi) is 4.37. The van der Waals surface area contributed by atoms with Gasteiger partial charge in [0.2, 0.25) is 0 Å². The van der Waals surface area contributed by atoms with Gasteiger partial charge in [0.25, 0.3) is 0 Å². The van der Waals surface area contributed by atoms with E-state index in [1.54, 1.807) is 0 Å². The van der Waals surface area contributed by atoms with Crippen LogP contribution in [0.3, 0.4) is 0 Å². The summed E-state index contributed by atoms with van der Waals surface area (Å²) >= 11 is 11.2. The van der Waals surface area contributed by atoms with Crippen LogP contribution in [0.1, 0.15) is 17.2 Å². The lowest BCUT2D eigenvalue weighted by atomic mass is 10.0. The largest absolute Gasteiger partial charge is 0.389 e. The van der Waals surface area contributed by atoms with E-state index in [4.69, 9.17) is 28.5 Å². The molecule has 0 saturated carbocycles. The van der Waals surface area contributed by atoms with Crippen LogP contribution in [0.5, 0.6) is 0 Å². The number of hydrogen-bond acceptors (Lipinski definition) is 3. The topological polar surface area (TPSA) is 64.2 Å². The molecule has 0 amide bonds. The van der Waals surface area contributed by atoms with Crippen molar-refractivity contribution in [3.05, 3.63) is 34.3 Å². The third kappa shape index (κ3) is 2.83. The average molecular weight is 246 g/mol. The van der Waals surface area contributed by atoms with Gasteiger partial charge in [-0.05, 0) is 12.1 Å². The van der Waals surface area contributed by atoms with E-state index in [-0.39, 0.29) is 10.9 Å². The zero-order valence-corrected chi connectivity index (χ0v) is 9.20. The summed E-state index contributed by atoms with van der Waals surface area (Å²) in [4.78, 5) is 0. The molecular weight excluding hydrogens is 237 g/mol. The van der Waals surface area contributed by atoms with E-state index in [0.29, 0.717) is 11.1 Å². The number of hydrogen-bond donors (Lipinski definition) is 2. The van der Waals surface area contributed by atoms with Gasteiger partial charge < -0.3 is 10.2 Å². The second-order valence-corrected chi connectivity index (χ2v) is 3.73. The number of rotatable bonds is 3. The van der Waals surface area contributed by atoms with E-state index < -0.39 is 12.2 Å². The number of halogens is 2. The van der Waals surface area contributed by atoms with Crippen molar-refractivity contribution in [1.29, 1.82) is 5.26 Å². The Morgan fingerprint density at radius 2 is 2.07 bits per heavy atom. The molecule has 2 N–H and O–H groups in total. The second-order valence-electron chi connectivity index (χ2n) is 3.01. The zero-order valence-electron chi connectivity index (χ0n) is 7.69. The summed E-state index contributed by atoms with van der Waals surface area (Å²) in [5.74, 6) is -0.0858. The quantitative estimate of drug-likeness (QED) is 0.800. The maximum absolute atomic E-state index is 9.63. The third-order valence-electron chi connectivity index (χ3n) is 1.97. The SMILES string of the molecule is N#Cc1ccc(C(O)C(O)CCl)c(Cl)c1. The van der Waals surface area contributed by atoms with Gasteiger partial charge in [-0.2, -0.15) is 5.26 Å². The third-order valence-corrected chi connectivity index (χ3v) is 2.61. The van der Waals surface area contributed by atoms with Crippen LogP contribution in [0.2, 0.25) is 5.02 Å². The first kappa shape index (κ1) is 12.3. The van der Waals surface area contributed by atoms with Crippen LogP contribution < -0.4 is 0 Å². The molecule has 2 unspecified atom stereocenters. The highest BCUT2D eigenvalue weighted by molar-refractivity contribution is 6.31. The molecule has 1 aromatic carbocycles. The maximum atomic E-state index is 9.63. The molecule has 0 radical (unpaired) electrons. The van der Waals surface area contributed by atoms with Crippen molar-refractivity contribution < 1.29 is 10.2 Å². The van der Waals surface area contributed by atoms with E-state index in [1.807, 2.05) is 6.07 Å². The Morgan fingerprint density at radius 3 is 2.53 bits per heavy atom. The number of nitriles is 1. The van der Waals surface area contributed by atoms with Gasteiger partial charge in [0.05, 0.1) is 23.6 Å². The van der Waals surface area contributed by atoms with Crippen LogP contribution in [-0.2, 0) is 0 Å². The van der Waals surface area contributed by atoms with Crippen molar-refractivity contribution in [1.82, 2.24) is 0 Å². The molecule has 3 nitrogen and oxygen atoms in total. The number of nitrogens with zero attached hydrogens (tertiary/aromatic N) is 1. The van der Waals surface area contributed by atoms with Gasteiger partial charge in [-0.3, -0.25) is 0 Å². The molecule has 0 fully saturated rings. The molecule has 80 valence electrons. The standard InChI is InChI=1S/C10H9Cl2NO2/c11-4-9(14)10(15)7-2-1-6(5-13)3-8(7)12/h1-3,9-10,14-15H,4H2. The average Bonchev–Trinajstić information content (AvgIpc) is 2.26. The van der Waals surface area contributed by atoms with Gasteiger partial charge in [-0.1, -0.05) is 17.7 Å². The molecule has 5 heteroatoms. The summed E-state index contributed by atoms with van der Waals surface area (Å²) in [7, 11) is 0. The molecule has 0 saturated heterocycles. The Bertz CT molecular complexity index is 389. The van der Waals surface area contributed by atoms with Crippen molar-refractivity contribution in [2.75, 3.05) is 5.88 Å².